The molecule has 218 valence electrons. The van der Waals surface area contributed by atoms with Crippen LogP contribution in [0.4, 0.5) is 0 Å². The molecule has 0 bridgehead atoms. The van der Waals surface area contributed by atoms with E-state index in [-0.39, 0.29) is 22.3 Å². The van der Waals surface area contributed by atoms with Gasteiger partial charge < -0.3 is 14.6 Å². The first kappa shape index (κ1) is 29.4. The maximum atomic E-state index is 13.0. The Morgan fingerprint density at radius 1 is 0.878 bits per heavy atom. The molecule has 2 aliphatic heterocycles. The molecule has 0 saturated carbocycles. The summed E-state index contributed by atoms with van der Waals surface area (Å²) in [5, 5.41) is 10.7. The number of carbonyl (C=O) groups is 1. The Kier molecular flexibility index (Phi) is 9.84. The van der Waals surface area contributed by atoms with Crippen LogP contribution in [-0.2, 0) is 27.5 Å². The SMILES string of the molecule is O=C(Oc1ccc(S(=O)(=O)CCN2CC[C@H](Cc3ccccc3)[C@H](O)C2)cc1)c1ccc(CN2CCOCC2)cc1. The van der Waals surface area contributed by atoms with Crippen LogP contribution >= 0.6 is 0 Å². The van der Waals surface area contributed by atoms with E-state index in [0.29, 0.717) is 18.7 Å². The van der Waals surface area contributed by atoms with E-state index in [2.05, 4.69) is 17.0 Å². The number of hydrogen-bond donors (Lipinski definition) is 1. The number of likely N-dealkylation sites (tertiary alicyclic amines) is 1. The number of rotatable bonds is 10. The number of aliphatic hydroxyl groups is 1. The predicted octanol–water partition coefficient (Wildman–Crippen LogP) is 3.44. The maximum absolute atomic E-state index is 13.0. The Morgan fingerprint density at radius 3 is 2.27 bits per heavy atom. The van der Waals surface area contributed by atoms with Crippen molar-refractivity contribution in [1.82, 2.24) is 9.80 Å². The minimum absolute atomic E-state index is 0.0427. The first-order valence-electron chi connectivity index (χ1n) is 14.2. The van der Waals surface area contributed by atoms with Crippen molar-refractivity contribution in [3.63, 3.8) is 0 Å². The van der Waals surface area contributed by atoms with Gasteiger partial charge in [-0.1, -0.05) is 42.5 Å². The molecule has 0 radical (unpaired) electrons. The van der Waals surface area contributed by atoms with Crippen LogP contribution < -0.4 is 4.74 Å². The summed E-state index contributed by atoms with van der Waals surface area (Å²) in [5.74, 6) is -0.0739. The summed E-state index contributed by atoms with van der Waals surface area (Å²) < 4.78 is 36.8. The van der Waals surface area contributed by atoms with Gasteiger partial charge in [0.25, 0.3) is 0 Å². The highest BCUT2D eigenvalue weighted by molar-refractivity contribution is 7.91. The maximum Gasteiger partial charge on any atom is 0.343 e. The Hall–Kier alpha value is -3.08. The van der Waals surface area contributed by atoms with E-state index in [1.165, 1.54) is 29.8 Å². The van der Waals surface area contributed by atoms with E-state index < -0.39 is 21.9 Å². The number of aliphatic hydroxyl groups excluding tert-OH is 1. The molecule has 0 spiro atoms. The average Bonchev–Trinajstić information content (AvgIpc) is 2.99. The van der Waals surface area contributed by atoms with E-state index in [4.69, 9.17) is 9.47 Å². The van der Waals surface area contributed by atoms with Crippen LogP contribution in [0.15, 0.2) is 83.8 Å². The van der Waals surface area contributed by atoms with Gasteiger partial charge in [-0.15, -0.1) is 0 Å². The summed E-state index contributed by atoms with van der Waals surface area (Å²) in [7, 11) is -3.53. The van der Waals surface area contributed by atoms with Crippen molar-refractivity contribution in [3.05, 3.63) is 95.6 Å². The fourth-order valence-electron chi connectivity index (χ4n) is 5.42. The molecule has 2 aliphatic rings. The minimum atomic E-state index is -3.53. The summed E-state index contributed by atoms with van der Waals surface area (Å²) >= 11 is 0. The lowest BCUT2D eigenvalue weighted by Gasteiger charge is -2.36. The lowest BCUT2D eigenvalue weighted by atomic mass is 9.88. The van der Waals surface area contributed by atoms with Crippen LogP contribution in [-0.4, -0.2) is 87.1 Å². The Morgan fingerprint density at radius 2 is 1.59 bits per heavy atom. The van der Waals surface area contributed by atoms with Gasteiger partial charge >= 0.3 is 5.97 Å². The van der Waals surface area contributed by atoms with Crippen molar-refractivity contribution < 1.29 is 27.8 Å². The van der Waals surface area contributed by atoms with Crippen molar-refractivity contribution in [2.24, 2.45) is 5.92 Å². The van der Waals surface area contributed by atoms with Gasteiger partial charge in [0.15, 0.2) is 9.84 Å². The summed E-state index contributed by atoms with van der Waals surface area (Å²) in [6.45, 7) is 5.66. The normalized spacial score (nSPS) is 20.5. The molecule has 9 heteroatoms. The molecule has 5 rings (SSSR count). The minimum Gasteiger partial charge on any atom is -0.423 e. The van der Waals surface area contributed by atoms with Gasteiger partial charge in [0.05, 0.1) is 35.5 Å². The van der Waals surface area contributed by atoms with Gasteiger partial charge in [-0.2, -0.15) is 0 Å². The largest absolute Gasteiger partial charge is 0.423 e. The van der Waals surface area contributed by atoms with Crippen LogP contribution in [0.1, 0.15) is 27.9 Å². The number of sulfone groups is 1. The molecule has 0 amide bonds. The fraction of sp³-hybridized carbons (Fsp3) is 0.406. The third kappa shape index (κ3) is 8.24. The van der Waals surface area contributed by atoms with Crippen molar-refractivity contribution in [1.29, 1.82) is 0 Å². The van der Waals surface area contributed by atoms with Crippen LogP contribution in [0.2, 0.25) is 0 Å². The highest BCUT2D eigenvalue weighted by atomic mass is 32.2. The van der Waals surface area contributed by atoms with Crippen molar-refractivity contribution in [2.45, 2.75) is 30.4 Å². The fourth-order valence-corrected chi connectivity index (χ4v) is 6.70. The molecule has 2 heterocycles. The quantitative estimate of drug-likeness (QED) is 0.289. The molecule has 2 saturated heterocycles. The zero-order chi connectivity index (χ0) is 28.7. The van der Waals surface area contributed by atoms with Crippen LogP contribution in [0, 0.1) is 5.92 Å². The monoisotopic (exact) mass is 578 g/mol. The van der Waals surface area contributed by atoms with Gasteiger partial charge in [-0.05, 0) is 72.8 Å². The summed E-state index contributed by atoms with van der Waals surface area (Å²) in [5.41, 5.74) is 2.75. The van der Waals surface area contributed by atoms with Gasteiger partial charge in [0.2, 0.25) is 0 Å². The number of hydrogen-bond acceptors (Lipinski definition) is 8. The number of nitrogens with zero attached hydrogens (tertiary/aromatic N) is 2. The topological polar surface area (TPSA) is 96.4 Å². The standard InChI is InChI=1S/C32H38N2O6S/c35-31-24-33(15-14-28(31)22-25-4-2-1-3-5-25)18-21-41(37,38)30-12-10-29(11-13-30)40-32(36)27-8-6-26(7-9-27)23-34-16-19-39-20-17-34/h1-13,28,31,35H,14-24H2/t28-,31-/m1/s1. The van der Waals surface area contributed by atoms with Crippen molar-refractivity contribution in [3.8, 4) is 5.75 Å². The van der Waals surface area contributed by atoms with Crippen LogP contribution in [0.25, 0.3) is 0 Å². The molecule has 41 heavy (non-hydrogen) atoms. The van der Waals surface area contributed by atoms with Crippen LogP contribution in [0.3, 0.4) is 0 Å². The van der Waals surface area contributed by atoms with E-state index in [9.17, 15) is 18.3 Å². The van der Waals surface area contributed by atoms with E-state index in [1.807, 2.05) is 35.2 Å². The predicted molar refractivity (Wildman–Crippen MR) is 157 cm³/mol. The molecule has 2 atom stereocenters. The number of morpholine rings is 1. The molecular weight excluding hydrogens is 540 g/mol. The zero-order valence-electron chi connectivity index (χ0n) is 23.2. The third-order valence-corrected chi connectivity index (χ3v) is 9.63. The number of carbonyl (C=O) groups excluding carboxylic acids is 1. The molecule has 0 aliphatic carbocycles. The van der Waals surface area contributed by atoms with Crippen molar-refractivity contribution >= 4 is 15.8 Å². The molecule has 2 fully saturated rings. The number of esters is 1. The molecular formula is C32H38N2O6S. The number of β-amino-alcohol motifs (C(OH)–C–C–N with tert-alkyl or cyclic N) is 1. The summed E-state index contributed by atoms with van der Waals surface area (Å²) in [6, 6.07) is 23.5. The van der Waals surface area contributed by atoms with E-state index in [0.717, 1.165) is 57.8 Å². The van der Waals surface area contributed by atoms with Gasteiger partial charge in [0.1, 0.15) is 5.75 Å². The van der Waals surface area contributed by atoms with E-state index in [1.54, 1.807) is 12.1 Å². The first-order chi connectivity index (χ1) is 19.9. The molecule has 0 aromatic heterocycles. The first-order valence-corrected chi connectivity index (χ1v) is 15.9. The number of ether oxygens (including phenoxy) is 2. The second-order valence-electron chi connectivity index (χ2n) is 10.9. The van der Waals surface area contributed by atoms with Gasteiger partial charge in [0, 0.05) is 32.7 Å². The highest BCUT2D eigenvalue weighted by Crippen LogP contribution is 2.23. The second kappa shape index (κ2) is 13.7. The molecule has 8 nitrogen and oxygen atoms in total. The number of piperidine rings is 1. The lowest BCUT2D eigenvalue weighted by molar-refractivity contribution is 0.0245. The zero-order valence-corrected chi connectivity index (χ0v) is 24.0. The van der Waals surface area contributed by atoms with E-state index >= 15 is 0 Å². The smallest absolute Gasteiger partial charge is 0.343 e. The Balaban J connectivity index is 1.09. The van der Waals surface area contributed by atoms with Gasteiger partial charge in [-0.25, -0.2) is 13.2 Å². The van der Waals surface area contributed by atoms with Crippen LogP contribution in [0.5, 0.6) is 5.75 Å². The summed E-state index contributed by atoms with van der Waals surface area (Å²) in [4.78, 5) is 17.1. The molecule has 0 unspecified atom stereocenters. The average molecular weight is 579 g/mol. The molecule has 1 N–H and O–H groups in total. The molecule has 3 aromatic carbocycles. The van der Waals surface area contributed by atoms with Crippen molar-refractivity contribution in [2.75, 3.05) is 51.7 Å². The third-order valence-electron chi connectivity index (χ3n) is 7.92. The number of benzene rings is 3. The lowest BCUT2D eigenvalue weighted by Crippen LogP contribution is -2.46. The second-order valence-corrected chi connectivity index (χ2v) is 13.0. The Labute approximate surface area is 242 Å². The van der Waals surface area contributed by atoms with Gasteiger partial charge in [-0.3, -0.25) is 9.80 Å². The highest BCUT2D eigenvalue weighted by Gasteiger charge is 2.28. The molecule has 3 aromatic rings. The summed E-state index contributed by atoms with van der Waals surface area (Å²) in [6.07, 6.45) is 1.17. The Bertz CT molecular complexity index is 1370.